The molecule has 0 amide bonds. The fraction of sp³-hybridized carbons (Fsp3) is 0.294. The lowest BCUT2D eigenvalue weighted by Gasteiger charge is -2.20. The summed E-state index contributed by atoms with van der Waals surface area (Å²) >= 11 is 0. The number of esters is 1. The van der Waals surface area contributed by atoms with Crippen molar-refractivity contribution in [2.75, 3.05) is 7.11 Å². The van der Waals surface area contributed by atoms with E-state index < -0.39 is 5.97 Å². The molecule has 0 spiro atoms. The first kappa shape index (κ1) is 13.7. The van der Waals surface area contributed by atoms with E-state index in [2.05, 4.69) is 4.98 Å². The summed E-state index contributed by atoms with van der Waals surface area (Å²) in [7, 11) is 1.34. The van der Waals surface area contributed by atoms with Gasteiger partial charge < -0.3 is 4.74 Å². The number of rotatable bonds is 2. The van der Waals surface area contributed by atoms with Gasteiger partial charge in [0.2, 0.25) is 0 Å². The Labute approximate surface area is 122 Å². The molecule has 0 aliphatic heterocycles. The van der Waals surface area contributed by atoms with Crippen LogP contribution < -0.4 is 0 Å². The van der Waals surface area contributed by atoms with Gasteiger partial charge in [0.25, 0.3) is 0 Å². The molecule has 108 valence electrons. The number of nitrogens with zero attached hydrogens (tertiary/aromatic N) is 1. The third-order valence-corrected chi connectivity index (χ3v) is 3.83. The second kappa shape index (κ2) is 5.64. The molecular formula is C17H16FNO2. The molecule has 0 saturated carbocycles. The Morgan fingerprint density at radius 3 is 2.81 bits per heavy atom. The Morgan fingerprint density at radius 1 is 1.24 bits per heavy atom. The molecule has 3 nitrogen and oxygen atoms in total. The van der Waals surface area contributed by atoms with Gasteiger partial charge in [0.1, 0.15) is 11.5 Å². The second-order valence-electron chi connectivity index (χ2n) is 5.19. The van der Waals surface area contributed by atoms with Crippen molar-refractivity contribution in [1.82, 2.24) is 4.98 Å². The zero-order chi connectivity index (χ0) is 14.8. The number of fused-ring (bicyclic) bond motifs is 1. The Balaban J connectivity index is 2.19. The van der Waals surface area contributed by atoms with E-state index in [9.17, 15) is 9.18 Å². The van der Waals surface area contributed by atoms with Crippen LogP contribution >= 0.6 is 0 Å². The van der Waals surface area contributed by atoms with Gasteiger partial charge in [-0.15, -0.1) is 0 Å². The number of pyridine rings is 1. The van der Waals surface area contributed by atoms with Crippen LogP contribution in [0, 0.1) is 5.82 Å². The summed E-state index contributed by atoms with van der Waals surface area (Å²) in [6.07, 6.45) is 3.92. The zero-order valence-corrected chi connectivity index (χ0v) is 11.9. The Morgan fingerprint density at radius 2 is 2.05 bits per heavy atom. The monoisotopic (exact) mass is 285 g/mol. The Hall–Kier alpha value is -2.23. The highest BCUT2D eigenvalue weighted by molar-refractivity contribution is 5.89. The fourth-order valence-corrected chi connectivity index (χ4v) is 2.83. The predicted molar refractivity (Wildman–Crippen MR) is 77.6 cm³/mol. The summed E-state index contributed by atoms with van der Waals surface area (Å²) in [6.45, 7) is 0. The molecule has 4 heteroatoms. The van der Waals surface area contributed by atoms with Gasteiger partial charge in [0.05, 0.1) is 7.11 Å². The minimum Gasteiger partial charge on any atom is -0.464 e. The van der Waals surface area contributed by atoms with Crippen molar-refractivity contribution in [3.63, 3.8) is 0 Å². The minimum atomic E-state index is -0.457. The number of hydrogen-bond donors (Lipinski definition) is 0. The lowest BCUT2D eigenvalue weighted by Crippen LogP contribution is -2.13. The van der Waals surface area contributed by atoms with Gasteiger partial charge in [-0.25, -0.2) is 14.2 Å². The Kier molecular flexibility index (Phi) is 3.69. The van der Waals surface area contributed by atoms with E-state index in [-0.39, 0.29) is 11.5 Å². The first-order valence-electron chi connectivity index (χ1n) is 7.06. The van der Waals surface area contributed by atoms with Gasteiger partial charge in [0, 0.05) is 5.69 Å². The maximum atomic E-state index is 13.5. The molecule has 1 heterocycles. The van der Waals surface area contributed by atoms with E-state index in [1.165, 1.54) is 19.2 Å². The topological polar surface area (TPSA) is 39.2 Å². The molecule has 0 radical (unpaired) electrons. The van der Waals surface area contributed by atoms with Gasteiger partial charge >= 0.3 is 5.97 Å². The SMILES string of the molecule is COC(=O)c1cc(-c2cccc(F)c2)c2c(n1)CCCC2. The molecule has 1 aromatic heterocycles. The van der Waals surface area contributed by atoms with Gasteiger partial charge in [-0.1, -0.05) is 12.1 Å². The molecule has 0 saturated heterocycles. The lowest BCUT2D eigenvalue weighted by atomic mass is 9.88. The van der Waals surface area contributed by atoms with Gasteiger partial charge in [0.15, 0.2) is 0 Å². The zero-order valence-electron chi connectivity index (χ0n) is 11.9. The van der Waals surface area contributed by atoms with Crippen molar-refractivity contribution in [2.24, 2.45) is 0 Å². The number of ether oxygens (including phenoxy) is 1. The van der Waals surface area contributed by atoms with E-state index in [0.29, 0.717) is 0 Å². The predicted octanol–water partition coefficient (Wildman–Crippen LogP) is 3.55. The third kappa shape index (κ3) is 2.66. The molecule has 0 atom stereocenters. The highest BCUT2D eigenvalue weighted by atomic mass is 19.1. The third-order valence-electron chi connectivity index (χ3n) is 3.83. The van der Waals surface area contributed by atoms with Crippen LogP contribution in [0.15, 0.2) is 30.3 Å². The Bertz CT molecular complexity index is 697. The summed E-state index contributed by atoms with van der Waals surface area (Å²) in [5.41, 5.74) is 4.01. The average Bonchev–Trinajstić information content (AvgIpc) is 2.53. The molecule has 21 heavy (non-hydrogen) atoms. The van der Waals surface area contributed by atoms with Gasteiger partial charge in [-0.3, -0.25) is 0 Å². The molecule has 0 fully saturated rings. The maximum Gasteiger partial charge on any atom is 0.356 e. The minimum absolute atomic E-state index is 0.284. The molecule has 2 aromatic rings. The van der Waals surface area contributed by atoms with Crippen LogP contribution in [0.2, 0.25) is 0 Å². The molecule has 0 N–H and O–H groups in total. The van der Waals surface area contributed by atoms with Gasteiger partial charge in [-0.05, 0) is 60.6 Å². The van der Waals surface area contributed by atoms with E-state index in [4.69, 9.17) is 4.74 Å². The lowest BCUT2D eigenvalue weighted by molar-refractivity contribution is 0.0593. The van der Waals surface area contributed by atoms with E-state index >= 15 is 0 Å². The number of carbonyl (C=O) groups excluding carboxylic acids is 1. The van der Waals surface area contributed by atoms with Crippen molar-refractivity contribution in [3.8, 4) is 11.1 Å². The van der Waals surface area contributed by atoms with Crippen LogP contribution in [-0.2, 0) is 17.6 Å². The smallest absolute Gasteiger partial charge is 0.356 e. The number of methoxy groups -OCH3 is 1. The second-order valence-corrected chi connectivity index (χ2v) is 5.19. The maximum absolute atomic E-state index is 13.5. The largest absolute Gasteiger partial charge is 0.464 e. The summed E-state index contributed by atoms with van der Waals surface area (Å²) in [5, 5.41) is 0. The van der Waals surface area contributed by atoms with E-state index in [0.717, 1.165) is 48.1 Å². The molecule has 3 rings (SSSR count). The summed E-state index contributed by atoms with van der Waals surface area (Å²) < 4.78 is 18.3. The summed E-state index contributed by atoms with van der Waals surface area (Å²) in [4.78, 5) is 16.2. The number of aryl methyl sites for hydroxylation is 1. The molecule has 0 bridgehead atoms. The van der Waals surface area contributed by atoms with Crippen LogP contribution in [-0.4, -0.2) is 18.1 Å². The van der Waals surface area contributed by atoms with Gasteiger partial charge in [-0.2, -0.15) is 0 Å². The van der Waals surface area contributed by atoms with Crippen molar-refractivity contribution in [3.05, 3.63) is 53.1 Å². The van der Waals surface area contributed by atoms with Crippen molar-refractivity contribution in [1.29, 1.82) is 0 Å². The van der Waals surface area contributed by atoms with Crippen molar-refractivity contribution in [2.45, 2.75) is 25.7 Å². The normalized spacial score (nSPS) is 13.6. The molecule has 1 aromatic carbocycles. The average molecular weight is 285 g/mol. The first-order chi connectivity index (χ1) is 10.2. The summed E-state index contributed by atoms with van der Waals surface area (Å²) in [5.74, 6) is -0.741. The molecule has 1 aliphatic rings. The first-order valence-corrected chi connectivity index (χ1v) is 7.06. The standard InChI is InChI=1S/C17H16FNO2/c1-21-17(20)16-10-14(11-5-4-6-12(18)9-11)13-7-2-3-8-15(13)19-16/h4-6,9-10H,2-3,7-8H2,1H3. The van der Waals surface area contributed by atoms with Crippen molar-refractivity contribution >= 4 is 5.97 Å². The quantitative estimate of drug-likeness (QED) is 0.792. The van der Waals surface area contributed by atoms with Crippen LogP contribution in [0.5, 0.6) is 0 Å². The van der Waals surface area contributed by atoms with Crippen LogP contribution in [0.3, 0.4) is 0 Å². The number of aromatic nitrogens is 1. The fourth-order valence-electron chi connectivity index (χ4n) is 2.83. The molecule has 1 aliphatic carbocycles. The van der Waals surface area contributed by atoms with Crippen LogP contribution in [0.1, 0.15) is 34.6 Å². The van der Waals surface area contributed by atoms with E-state index in [1.54, 1.807) is 12.1 Å². The number of hydrogen-bond acceptors (Lipinski definition) is 3. The number of carbonyl (C=O) groups is 1. The highest BCUT2D eigenvalue weighted by Gasteiger charge is 2.20. The highest BCUT2D eigenvalue weighted by Crippen LogP contribution is 2.31. The molecular weight excluding hydrogens is 269 g/mol. The number of halogens is 1. The van der Waals surface area contributed by atoms with E-state index in [1.807, 2.05) is 6.07 Å². The summed E-state index contributed by atoms with van der Waals surface area (Å²) in [6, 6.07) is 8.15. The molecule has 0 unspecified atom stereocenters. The van der Waals surface area contributed by atoms with Crippen LogP contribution in [0.25, 0.3) is 11.1 Å². The number of benzene rings is 1. The van der Waals surface area contributed by atoms with Crippen molar-refractivity contribution < 1.29 is 13.9 Å². The van der Waals surface area contributed by atoms with Crippen LogP contribution in [0.4, 0.5) is 4.39 Å².